The molecule has 8 N–H and O–H groups in total. The number of aliphatic hydroxyl groups is 7. The van der Waals surface area contributed by atoms with Gasteiger partial charge in [-0.2, -0.15) is 0 Å². The fourth-order valence-corrected chi connectivity index (χ4v) is 7.94. The first-order valence-electron chi connectivity index (χ1n) is 25.4. The summed E-state index contributed by atoms with van der Waals surface area (Å²) in [5, 5.41) is 75.5. The summed E-state index contributed by atoms with van der Waals surface area (Å²) in [6.45, 7) is 3.37. The Hall–Kier alpha value is -1.67. The maximum atomic E-state index is 13.0. The van der Waals surface area contributed by atoms with Gasteiger partial charge in [-0.05, 0) is 64.2 Å². The van der Waals surface area contributed by atoms with Gasteiger partial charge >= 0.3 is 0 Å². The van der Waals surface area contributed by atoms with Crippen LogP contribution in [0.25, 0.3) is 0 Å². The molecule has 11 heteroatoms. The lowest BCUT2D eigenvalue weighted by atomic mass is 9.98. The van der Waals surface area contributed by atoms with Gasteiger partial charge in [-0.3, -0.25) is 4.79 Å². The average Bonchev–Trinajstić information content (AvgIpc) is 3.27. The van der Waals surface area contributed by atoms with Crippen LogP contribution >= 0.6 is 0 Å². The molecule has 0 saturated carbocycles. The molecule has 0 aromatic carbocycles. The molecule has 0 aromatic rings. The first kappa shape index (κ1) is 58.3. The van der Waals surface area contributed by atoms with E-state index in [2.05, 4.69) is 55.6 Å². The van der Waals surface area contributed by atoms with Crippen LogP contribution in [0.15, 0.2) is 36.5 Å². The van der Waals surface area contributed by atoms with E-state index in [0.29, 0.717) is 19.3 Å². The van der Waals surface area contributed by atoms with E-state index >= 15 is 0 Å². The standard InChI is InChI=1S/C51H95NO10/c1-3-5-7-9-11-13-14-15-16-17-18-19-20-21-22-23-24-25-26-27-28-29-30-31-33-34-36-38-43(54)46(56)42(41-61-51-49(59)48(58)47(57)45(40-53)62-51)52-50(60)44(55)39-37-35-32-12-10-8-6-4-2/h23-24,27-28,31,33,42-49,51,53-59H,3-22,25-26,29-30,32,34-41H2,1-2H3,(H,52,60)/b24-23+,28-27+,33-31+. The molecule has 0 aromatic heterocycles. The highest BCUT2D eigenvalue weighted by atomic mass is 16.7. The number of rotatable bonds is 42. The molecule has 11 nitrogen and oxygen atoms in total. The van der Waals surface area contributed by atoms with Crippen LogP contribution in [0.5, 0.6) is 0 Å². The Balaban J connectivity index is 2.33. The van der Waals surface area contributed by atoms with E-state index < -0.39 is 74.2 Å². The van der Waals surface area contributed by atoms with Crippen molar-refractivity contribution in [3.05, 3.63) is 36.5 Å². The van der Waals surface area contributed by atoms with Crippen LogP contribution in [0.1, 0.15) is 213 Å². The van der Waals surface area contributed by atoms with Crippen LogP contribution in [-0.4, -0.2) is 110 Å². The van der Waals surface area contributed by atoms with Crippen LogP contribution in [0.3, 0.4) is 0 Å². The number of nitrogens with one attached hydrogen (secondary N) is 1. The van der Waals surface area contributed by atoms with E-state index in [1.807, 2.05) is 0 Å². The van der Waals surface area contributed by atoms with Gasteiger partial charge in [0.25, 0.3) is 0 Å². The van der Waals surface area contributed by atoms with Crippen molar-refractivity contribution in [3.8, 4) is 0 Å². The summed E-state index contributed by atoms with van der Waals surface area (Å²) in [7, 11) is 0. The maximum absolute atomic E-state index is 13.0. The summed E-state index contributed by atoms with van der Waals surface area (Å²) in [6.07, 6.45) is 36.7. The zero-order valence-electron chi connectivity index (χ0n) is 39.4. The highest BCUT2D eigenvalue weighted by Crippen LogP contribution is 2.23. The Bertz CT molecular complexity index is 1100. The first-order chi connectivity index (χ1) is 30.2. The summed E-state index contributed by atoms with van der Waals surface area (Å²) in [6, 6.07) is -1.19. The van der Waals surface area contributed by atoms with E-state index in [-0.39, 0.29) is 12.8 Å². The lowest BCUT2D eigenvalue weighted by Gasteiger charge is -2.40. The van der Waals surface area contributed by atoms with Crippen molar-refractivity contribution < 1.29 is 50.0 Å². The molecule has 1 fully saturated rings. The lowest BCUT2D eigenvalue weighted by Crippen LogP contribution is -2.60. The zero-order chi connectivity index (χ0) is 45.5. The van der Waals surface area contributed by atoms with Gasteiger partial charge < -0.3 is 50.5 Å². The molecule has 1 saturated heterocycles. The van der Waals surface area contributed by atoms with Crippen LogP contribution in [0, 0.1) is 0 Å². The molecular formula is C51H95NO10. The minimum absolute atomic E-state index is 0.242. The number of carbonyl (C=O) groups is 1. The summed E-state index contributed by atoms with van der Waals surface area (Å²) >= 11 is 0. The fraction of sp³-hybridized carbons (Fsp3) is 0.863. The smallest absolute Gasteiger partial charge is 0.249 e. The predicted octanol–water partition coefficient (Wildman–Crippen LogP) is 9.17. The Morgan fingerprint density at radius 3 is 1.44 bits per heavy atom. The molecule has 0 aliphatic carbocycles. The molecular weight excluding hydrogens is 787 g/mol. The Morgan fingerprint density at radius 1 is 0.548 bits per heavy atom. The van der Waals surface area contributed by atoms with Crippen LogP contribution < -0.4 is 5.32 Å². The number of unbranched alkanes of at least 4 members (excludes halogenated alkanes) is 24. The van der Waals surface area contributed by atoms with E-state index in [0.717, 1.165) is 44.9 Å². The molecule has 0 spiro atoms. The van der Waals surface area contributed by atoms with Gasteiger partial charge in [0.2, 0.25) is 5.91 Å². The Labute approximate surface area is 377 Å². The third-order valence-electron chi connectivity index (χ3n) is 12.2. The number of carbonyl (C=O) groups excluding carboxylic acids is 1. The van der Waals surface area contributed by atoms with Gasteiger partial charge in [-0.1, -0.05) is 185 Å². The zero-order valence-corrected chi connectivity index (χ0v) is 39.4. The second-order valence-corrected chi connectivity index (χ2v) is 17.9. The van der Waals surface area contributed by atoms with Gasteiger partial charge in [0.05, 0.1) is 25.4 Å². The molecule has 1 amide bonds. The van der Waals surface area contributed by atoms with Crippen molar-refractivity contribution in [2.45, 2.75) is 268 Å². The number of ether oxygens (including phenoxy) is 2. The van der Waals surface area contributed by atoms with Gasteiger partial charge in [0, 0.05) is 0 Å². The van der Waals surface area contributed by atoms with Crippen LogP contribution in [-0.2, 0) is 14.3 Å². The lowest BCUT2D eigenvalue weighted by molar-refractivity contribution is -0.303. The molecule has 62 heavy (non-hydrogen) atoms. The van der Waals surface area contributed by atoms with Crippen molar-refractivity contribution >= 4 is 5.91 Å². The van der Waals surface area contributed by atoms with Crippen molar-refractivity contribution in [1.82, 2.24) is 5.32 Å². The molecule has 0 bridgehead atoms. The van der Waals surface area contributed by atoms with E-state index in [1.54, 1.807) is 0 Å². The molecule has 1 heterocycles. The minimum Gasteiger partial charge on any atom is -0.394 e. The maximum Gasteiger partial charge on any atom is 0.249 e. The number of hydrogen-bond donors (Lipinski definition) is 8. The number of amides is 1. The average molecular weight is 882 g/mol. The third kappa shape index (κ3) is 29.7. The number of hydrogen-bond acceptors (Lipinski definition) is 10. The predicted molar refractivity (Wildman–Crippen MR) is 252 cm³/mol. The van der Waals surface area contributed by atoms with Crippen molar-refractivity contribution in [2.24, 2.45) is 0 Å². The van der Waals surface area contributed by atoms with Gasteiger partial charge in [0.15, 0.2) is 6.29 Å². The first-order valence-corrected chi connectivity index (χ1v) is 25.4. The molecule has 0 radical (unpaired) electrons. The summed E-state index contributed by atoms with van der Waals surface area (Å²) in [4.78, 5) is 13.0. The number of aliphatic hydroxyl groups excluding tert-OH is 7. The second kappa shape index (κ2) is 40.8. The highest BCUT2D eigenvalue weighted by Gasteiger charge is 2.44. The molecule has 364 valence electrons. The van der Waals surface area contributed by atoms with Gasteiger partial charge in [-0.15, -0.1) is 0 Å². The quantitative estimate of drug-likeness (QED) is 0.0217. The van der Waals surface area contributed by atoms with Gasteiger partial charge in [0.1, 0.15) is 36.6 Å². The minimum atomic E-state index is -1.67. The van der Waals surface area contributed by atoms with Crippen molar-refractivity contribution in [3.63, 3.8) is 0 Å². The second-order valence-electron chi connectivity index (χ2n) is 17.9. The normalized spacial score (nSPS) is 21.6. The third-order valence-corrected chi connectivity index (χ3v) is 12.2. The van der Waals surface area contributed by atoms with E-state index in [9.17, 15) is 40.5 Å². The van der Waals surface area contributed by atoms with Gasteiger partial charge in [-0.25, -0.2) is 0 Å². The van der Waals surface area contributed by atoms with E-state index in [1.165, 1.54) is 122 Å². The highest BCUT2D eigenvalue weighted by molar-refractivity contribution is 5.80. The monoisotopic (exact) mass is 882 g/mol. The molecule has 9 unspecified atom stereocenters. The van der Waals surface area contributed by atoms with Crippen LogP contribution in [0.2, 0.25) is 0 Å². The number of allylic oxidation sites excluding steroid dienone is 6. The fourth-order valence-electron chi connectivity index (χ4n) is 7.94. The topological polar surface area (TPSA) is 189 Å². The van der Waals surface area contributed by atoms with E-state index in [4.69, 9.17) is 9.47 Å². The Kier molecular flexibility index (Phi) is 38.4. The molecule has 9 atom stereocenters. The van der Waals surface area contributed by atoms with Crippen molar-refractivity contribution in [1.29, 1.82) is 0 Å². The van der Waals surface area contributed by atoms with Crippen LogP contribution in [0.4, 0.5) is 0 Å². The summed E-state index contributed by atoms with van der Waals surface area (Å²) in [5.74, 6) is -0.717. The molecule has 1 rings (SSSR count). The summed E-state index contributed by atoms with van der Waals surface area (Å²) in [5.41, 5.74) is 0. The largest absolute Gasteiger partial charge is 0.394 e. The molecule has 1 aliphatic rings. The Morgan fingerprint density at radius 2 is 0.968 bits per heavy atom. The SMILES string of the molecule is CCCCCCCCCCCCCCCC/C=C/CC/C=C/CC/C=C/CCCC(O)C(O)C(COC1OC(CO)C(O)C(O)C1O)NC(=O)C(O)CCCCCCCCCC. The molecule has 1 aliphatic heterocycles. The van der Waals surface area contributed by atoms with Crippen molar-refractivity contribution in [2.75, 3.05) is 13.2 Å². The summed E-state index contributed by atoms with van der Waals surface area (Å²) < 4.78 is 11.0.